The van der Waals surface area contributed by atoms with Crippen LogP contribution < -0.4 is 5.32 Å². The number of hydrogen-bond acceptors (Lipinski definition) is 3. The van der Waals surface area contributed by atoms with Crippen LogP contribution in [0.2, 0.25) is 0 Å². The molecule has 1 aliphatic heterocycles. The Morgan fingerprint density at radius 3 is 2.38 bits per heavy atom. The van der Waals surface area contributed by atoms with Crippen molar-refractivity contribution in [1.82, 2.24) is 14.7 Å². The van der Waals surface area contributed by atoms with E-state index in [-0.39, 0.29) is 17.7 Å². The molecule has 26 heavy (non-hydrogen) atoms. The number of anilines is 1. The Morgan fingerprint density at radius 2 is 1.81 bits per heavy atom. The predicted molar refractivity (Wildman–Crippen MR) is 98.4 cm³/mol. The van der Waals surface area contributed by atoms with E-state index in [2.05, 4.69) is 10.4 Å². The second kappa shape index (κ2) is 6.94. The molecular formula is C20H24N4O2. The van der Waals surface area contributed by atoms with E-state index in [0.717, 1.165) is 24.9 Å². The lowest BCUT2D eigenvalue weighted by atomic mass is 9.82. The predicted octanol–water partition coefficient (Wildman–Crippen LogP) is 2.64. The lowest BCUT2D eigenvalue weighted by Crippen LogP contribution is -2.55. The summed E-state index contributed by atoms with van der Waals surface area (Å²) >= 11 is 0. The molecular weight excluding hydrogens is 328 g/mol. The van der Waals surface area contributed by atoms with E-state index in [1.165, 1.54) is 0 Å². The summed E-state index contributed by atoms with van der Waals surface area (Å²) in [4.78, 5) is 27.7. The summed E-state index contributed by atoms with van der Waals surface area (Å²) in [7, 11) is 0. The molecule has 136 valence electrons. The van der Waals surface area contributed by atoms with Crippen molar-refractivity contribution in [2.45, 2.75) is 37.6 Å². The van der Waals surface area contributed by atoms with Crippen LogP contribution >= 0.6 is 0 Å². The normalized spacial score (nSPS) is 19.6. The zero-order chi connectivity index (χ0) is 18.0. The van der Waals surface area contributed by atoms with Crippen LogP contribution in [0.15, 0.2) is 48.8 Å². The Labute approximate surface area is 153 Å². The summed E-state index contributed by atoms with van der Waals surface area (Å²) in [5, 5.41) is 7.39. The zero-order valence-corrected chi connectivity index (χ0v) is 14.8. The molecule has 2 fully saturated rings. The number of amides is 2. The summed E-state index contributed by atoms with van der Waals surface area (Å²) in [6, 6.07) is 11.3. The minimum atomic E-state index is -0.754. The third-order valence-corrected chi connectivity index (χ3v) is 5.75. The summed E-state index contributed by atoms with van der Waals surface area (Å²) in [6.45, 7) is 1.19. The summed E-state index contributed by atoms with van der Waals surface area (Å²) in [5.74, 6) is 0.391. The van der Waals surface area contributed by atoms with Crippen molar-refractivity contribution in [3.63, 3.8) is 0 Å². The van der Waals surface area contributed by atoms with Crippen molar-refractivity contribution >= 4 is 17.5 Å². The highest BCUT2D eigenvalue weighted by molar-refractivity contribution is 5.97. The zero-order valence-electron chi connectivity index (χ0n) is 14.8. The van der Waals surface area contributed by atoms with E-state index < -0.39 is 5.54 Å². The third-order valence-electron chi connectivity index (χ3n) is 5.75. The Bertz CT molecular complexity index is 760. The molecule has 2 amide bonds. The van der Waals surface area contributed by atoms with Gasteiger partial charge in [0, 0.05) is 37.1 Å². The highest BCUT2D eigenvalue weighted by atomic mass is 16.2. The molecule has 1 aromatic heterocycles. The van der Waals surface area contributed by atoms with Gasteiger partial charge < -0.3 is 10.2 Å². The Balaban J connectivity index is 1.52. The van der Waals surface area contributed by atoms with Crippen molar-refractivity contribution in [2.75, 3.05) is 18.4 Å². The van der Waals surface area contributed by atoms with Crippen molar-refractivity contribution in [1.29, 1.82) is 0 Å². The summed E-state index contributed by atoms with van der Waals surface area (Å²) in [5.41, 5.74) is 0.0208. The highest BCUT2D eigenvalue weighted by Gasteiger charge is 2.45. The fourth-order valence-corrected chi connectivity index (χ4v) is 3.86. The van der Waals surface area contributed by atoms with Gasteiger partial charge in [-0.3, -0.25) is 14.3 Å². The Hall–Kier alpha value is -2.63. The number of para-hydroxylation sites is 1. The van der Waals surface area contributed by atoms with Crippen LogP contribution in [-0.2, 0) is 15.1 Å². The molecule has 2 heterocycles. The lowest BCUT2D eigenvalue weighted by Gasteiger charge is -2.42. The number of likely N-dealkylation sites (tertiary alicyclic amines) is 1. The quantitative estimate of drug-likeness (QED) is 0.920. The number of nitrogens with zero attached hydrogens (tertiary/aromatic N) is 3. The van der Waals surface area contributed by atoms with E-state index in [1.807, 2.05) is 47.5 Å². The molecule has 2 aromatic rings. The van der Waals surface area contributed by atoms with Gasteiger partial charge >= 0.3 is 0 Å². The molecule has 0 bridgehead atoms. The summed E-state index contributed by atoms with van der Waals surface area (Å²) in [6.07, 6.45) is 7.86. The first-order valence-corrected chi connectivity index (χ1v) is 9.34. The topological polar surface area (TPSA) is 67.2 Å². The van der Waals surface area contributed by atoms with E-state index in [1.54, 1.807) is 10.9 Å². The number of piperidine rings is 1. The van der Waals surface area contributed by atoms with Gasteiger partial charge in [0.15, 0.2) is 0 Å². The van der Waals surface area contributed by atoms with Gasteiger partial charge in [0.25, 0.3) is 5.91 Å². The van der Waals surface area contributed by atoms with Crippen LogP contribution in [0.25, 0.3) is 0 Å². The van der Waals surface area contributed by atoms with Gasteiger partial charge in [0.05, 0.1) is 0 Å². The van der Waals surface area contributed by atoms with Crippen molar-refractivity contribution in [3.05, 3.63) is 48.8 Å². The molecule has 0 atom stereocenters. The fourth-order valence-electron chi connectivity index (χ4n) is 3.86. The van der Waals surface area contributed by atoms with Crippen LogP contribution in [0.5, 0.6) is 0 Å². The van der Waals surface area contributed by atoms with Gasteiger partial charge in [-0.2, -0.15) is 5.10 Å². The number of hydrogen-bond donors (Lipinski definition) is 1. The van der Waals surface area contributed by atoms with Gasteiger partial charge in [-0.15, -0.1) is 0 Å². The molecule has 0 spiro atoms. The number of carbonyl (C=O) groups excluding carboxylic acids is 2. The van der Waals surface area contributed by atoms with E-state index in [0.29, 0.717) is 25.9 Å². The van der Waals surface area contributed by atoms with Gasteiger partial charge in [-0.1, -0.05) is 24.6 Å². The van der Waals surface area contributed by atoms with Crippen LogP contribution in [0.4, 0.5) is 5.69 Å². The second-order valence-corrected chi connectivity index (χ2v) is 7.26. The number of benzene rings is 1. The Morgan fingerprint density at radius 1 is 1.08 bits per heavy atom. The van der Waals surface area contributed by atoms with Gasteiger partial charge in [0.1, 0.15) is 5.54 Å². The van der Waals surface area contributed by atoms with E-state index in [4.69, 9.17) is 0 Å². The molecule has 6 heteroatoms. The number of carbonyl (C=O) groups is 2. The molecule has 0 unspecified atom stereocenters. The first kappa shape index (κ1) is 16.8. The average molecular weight is 352 g/mol. The van der Waals surface area contributed by atoms with Gasteiger partial charge in [-0.05, 0) is 43.9 Å². The molecule has 1 N–H and O–H groups in total. The Kier molecular flexibility index (Phi) is 4.49. The van der Waals surface area contributed by atoms with Crippen molar-refractivity contribution in [3.8, 4) is 0 Å². The minimum absolute atomic E-state index is 0.0665. The first-order chi connectivity index (χ1) is 12.7. The van der Waals surface area contributed by atoms with Crippen molar-refractivity contribution in [2.24, 2.45) is 5.92 Å². The first-order valence-electron chi connectivity index (χ1n) is 9.34. The number of aromatic nitrogens is 2. The molecule has 1 aliphatic carbocycles. The fraction of sp³-hybridized carbons (Fsp3) is 0.450. The largest absolute Gasteiger partial charge is 0.342 e. The van der Waals surface area contributed by atoms with Gasteiger partial charge in [-0.25, -0.2) is 0 Å². The molecule has 1 aromatic carbocycles. The molecule has 2 aliphatic rings. The smallest absolute Gasteiger partial charge is 0.252 e. The van der Waals surface area contributed by atoms with E-state index in [9.17, 15) is 9.59 Å². The highest BCUT2D eigenvalue weighted by Crippen LogP contribution is 2.34. The maximum absolute atomic E-state index is 13.2. The third kappa shape index (κ3) is 3.00. The second-order valence-electron chi connectivity index (χ2n) is 7.26. The number of rotatable bonds is 4. The summed E-state index contributed by atoms with van der Waals surface area (Å²) < 4.78 is 1.76. The van der Waals surface area contributed by atoms with Crippen LogP contribution in [-0.4, -0.2) is 39.6 Å². The molecule has 0 radical (unpaired) electrons. The monoisotopic (exact) mass is 352 g/mol. The molecule has 1 saturated carbocycles. The lowest BCUT2D eigenvalue weighted by molar-refractivity contribution is -0.143. The molecule has 6 nitrogen and oxygen atoms in total. The number of nitrogens with one attached hydrogen (secondary N) is 1. The van der Waals surface area contributed by atoms with Crippen molar-refractivity contribution < 1.29 is 9.59 Å². The average Bonchev–Trinajstić information content (AvgIpc) is 3.16. The standard InChI is InChI=1S/C20H24N4O2/c25-18(16-6-4-7-16)23-14-10-20(11-15-23,24-13-5-12-21-24)19(26)22-17-8-2-1-3-9-17/h1-3,5,8-9,12-13,16H,4,6-7,10-11,14-15H2,(H,22,26). The molecule has 4 rings (SSSR count). The minimum Gasteiger partial charge on any atom is -0.342 e. The van der Waals surface area contributed by atoms with Crippen LogP contribution in [0, 0.1) is 5.92 Å². The van der Waals surface area contributed by atoms with Crippen LogP contribution in [0.3, 0.4) is 0 Å². The maximum atomic E-state index is 13.2. The van der Waals surface area contributed by atoms with Gasteiger partial charge in [0.2, 0.25) is 5.91 Å². The molecule has 1 saturated heterocycles. The van der Waals surface area contributed by atoms with E-state index >= 15 is 0 Å². The maximum Gasteiger partial charge on any atom is 0.252 e. The SMILES string of the molecule is O=C(C1CCC1)N1CCC(C(=O)Nc2ccccc2)(n2cccn2)CC1. The van der Waals surface area contributed by atoms with Crippen LogP contribution in [0.1, 0.15) is 32.1 Å².